The van der Waals surface area contributed by atoms with E-state index in [1.165, 1.54) is 0 Å². The molecule has 12 heavy (non-hydrogen) atoms. The Morgan fingerprint density at radius 2 is 2.50 bits per heavy atom. The molecule has 0 aliphatic carbocycles. The summed E-state index contributed by atoms with van der Waals surface area (Å²) in [5, 5.41) is 0. The number of ether oxygens (including phenoxy) is 1. The maximum Gasteiger partial charge on any atom is 0.313 e. The number of rotatable bonds is 3. The van der Waals surface area contributed by atoms with Crippen LogP contribution in [0.1, 0.15) is 12.7 Å². The van der Waals surface area contributed by atoms with Crippen LogP contribution in [0.4, 0.5) is 0 Å². The van der Waals surface area contributed by atoms with E-state index in [1.807, 2.05) is 7.05 Å². The Hall–Kier alpha value is -1.32. The van der Waals surface area contributed by atoms with Crippen LogP contribution in [0, 0.1) is 0 Å². The summed E-state index contributed by atoms with van der Waals surface area (Å²) in [6.07, 6.45) is 3.71. The Morgan fingerprint density at radius 1 is 1.75 bits per heavy atom. The van der Waals surface area contributed by atoms with Crippen LogP contribution in [0.5, 0.6) is 0 Å². The van der Waals surface area contributed by atoms with Crippen LogP contribution in [0.3, 0.4) is 0 Å². The lowest BCUT2D eigenvalue weighted by atomic mass is 10.4. The summed E-state index contributed by atoms with van der Waals surface area (Å²) in [5.41, 5.74) is 0. The summed E-state index contributed by atoms with van der Waals surface area (Å²) in [7, 11) is 1.85. The molecule has 0 fully saturated rings. The molecule has 1 aromatic rings. The van der Waals surface area contributed by atoms with Crippen molar-refractivity contribution in [3.63, 3.8) is 0 Å². The lowest BCUT2D eigenvalue weighted by molar-refractivity contribution is -0.142. The van der Waals surface area contributed by atoms with Crippen molar-refractivity contribution < 1.29 is 9.53 Å². The number of aromatic nitrogens is 2. The van der Waals surface area contributed by atoms with Crippen molar-refractivity contribution in [1.29, 1.82) is 0 Å². The molecule has 66 valence electrons. The smallest absolute Gasteiger partial charge is 0.313 e. The van der Waals surface area contributed by atoms with Crippen molar-refractivity contribution in [2.45, 2.75) is 13.3 Å². The van der Waals surface area contributed by atoms with Crippen LogP contribution < -0.4 is 0 Å². The Kier molecular flexibility index (Phi) is 2.85. The topological polar surface area (TPSA) is 44.1 Å². The van der Waals surface area contributed by atoms with Crippen molar-refractivity contribution in [3.8, 4) is 0 Å². The van der Waals surface area contributed by atoms with Gasteiger partial charge < -0.3 is 9.30 Å². The molecule has 0 aliphatic rings. The molecular weight excluding hydrogens is 156 g/mol. The van der Waals surface area contributed by atoms with Gasteiger partial charge in [0, 0.05) is 19.4 Å². The van der Waals surface area contributed by atoms with Crippen LogP contribution in [0.25, 0.3) is 0 Å². The minimum absolute atomic E-state index is 0.230. The number of carbonyl (C=O) groups excluding carboxylic acids is 1. The van der Waals surface area contributed by atoms with E-state index in [1.54, 1.807) is 23.9 Å². The van der Waals surface area contributed by atoms with Crippen molar-refractivity contribution in [2.75, 3.05) is 6.61 Å². The van der Waals surface area contributed by atoms with Crippen molar-refractivity contribution in [3.05, 3.63) is 18.2 Å². The van der Waals surface area contributed by atoms with Gasteiger partial charge in [-0.05, 0) is 6.92 Å². The molecule has 0 aliphatic heterocycles. The van der Waals surface area contributed by atoms with E-state index < -0.39 is 0 Å². The van der Waals surface area contributed by atoms with Crippen LogP contribution in [0.2, 0.25) is 0 Å². The van der Waals surface area contributed by atoms with Crippen LogP contribution in [-0.2, 0) is 23.0 Å². The molecule has 1 heterocycles. The van der Waals surface area contributed by atoms with E-state index in [0.717, 1.165) is 5.82 Å². The van der Waals surface area contributed by atoms with Crippen LogP contribution in [-0.4, -0.2) is 22.1 Å². The molecule has 1 rings (SSSR count). The lowest BCUT2D eigenvalue weighted by Crippen LogP contribution is -2.10. The average Bonchev–Trinajstić information content (AvgIpc) is 2.37. The van der Waals surface area contributed by atoms with Gasteiger partial charge in [-0.1, -0.05) is 0 Å². The Bertz CT molecular complexity index is 268. The third kappa shape index (κ3) is 2.08. The highest BCUT2D eigenvalue weighted by molar-refractivity contribution is 5.71. The molecular formula is C8H12N2O2. The first kappa shape index (κ1) is 8.77. The second-order valence-corrected chi connectivity index (χ2v) is 2.44. The number of hydrogen-bond acceptors (Lipinski definition) is 3. The van der Waals surface area contributed by atoms with Gasteiger partial charge in [-0.15, -0.1) is 0 Å². The predicted octanol–water partition coefficient (Wildman–Crippen LogP) is 0.526. The molecule has 0 radical (unpaired) electrons. The minimum Gasteiger partial charge on any atom is -0.466 e. The van der Waals surface area contributed by atoms with E-state index in [4.69, 9.17) is 4.74 Å². The molecule has 0 N–H and O–H groups in total. The molecule has 0 saturated carbocycles. The molecule has 0 spiro atoms. The lowest BCUT2D eigenvalue weighted by Gasteiger charge is -2.01. The summed E-state index contributed by atoms with van der Waals surface area (Å²) in [5.74, 6) is 0.500. The van der Waals surface area contributed by atoms with Gasteiger partial charge in [0.1, 0.15) is 12.2 Å². The fourth-order valence-electron chi connectivity index (χ4n) is 0.908. The number of esters is 1. The SMILES string of the molecule is CCOC(=O)Cc1nccn1C. The molecule has 1 aromatic heterocycles. The van der Waals surface area contributed by atoms with Gasteiger partial charge in [0.25, 0.3) is 0 Å². The van der Waals surface area contributed by atoms with Gasteiger partial charge >= 0.3 is 5.97 Å². The summed E-state index contributed by atoms with van der Waals surface area (Å²) < 4.78 is 6.58. The van der Waals surface area contributed by atoms with Gasteiger partial charge in [0.05, 0.1) is 6.61 Å². The molecule has 0 unspecified atom stereocenters. The monoisotopic (exact) mass is 168 g/mol. The highest BCUT2D eigenvalue weighted by Crippen LogP contribution is 1.96. The maximum absolute atomic E-state index is 11.0. The van der Waals surface area contributed by atoms with Gasteiger partial charge in [-0.2, -0.15) is 0 Å². The number of imidazole rings is 1. The predicted molar refractivity (Wildman–Crippen MR) is 43.5 cm³/mol. The molecule has 4 nitrogen and oxygen atoms in total. The normalized spacial score (nSPS) is 9.83. The van der Waals surface area contributed by atoms with Crippen molar-refractivity contribution >= 4 is 5.97 Å². The third-order valence-corrected chi connectivity index (χ3v) is 1.53. The Morgan fingerprint density at radius 3 is 3.00 bits per heavy atom. The minimum atomic E-state index is -0.230. The third-order valence-electron chi connectivity index (χ3n) is 1.53. The Labute approximate surface area is 71.2 Å². The van der Waals surface area contributed by atoms with Crippen LogP contribution in [0.15, 0.2) is 12.4 Å². The first-order valence-electron chi connectivity index (χ1n) is 3.86. The van der Waals surface area contributed by atoms with Gasteiger partial charge in [-0.3, -0.25) is 4.79 Å². The largest absolute Gasteiger partial charge is 0.466 e. The van der Waals surface area contributed by atoms with Crippen molar-refractivity contribution in [1.82, 2.24) is 9.55 Å². The van der Waals surface area contributed by atoms with Gasteiger partial charge in [-0.25, -0.2) is 4.98 Å². The summed E-state index contributed by atoms with van der Waals surface area (Å²) >= 11 is 0. The molecule has 0 atom stereocenters. The first-order chi connectivity index (χ1) is 5.74. The first-order valence-corrected chi connectivity index (χ1v) is 3.86. The second-order valence-electron chi connectivity index (χ2n) is 2.44. The fourth-order valence-corrected chi connectivity index (χ4v) is 0.908. The number of carbonyl (C=O) groups is 1. The summed E-state index contributed by atoms with van der Waals surface area (Å²) in [6.45, 7) is 2.21. The zero-order valence-corrected chi connectivity index (χ0v) is 7.28. The molecule has 0 bridgehead atoms. The highest BCUT2D eigenvalue weighted by Gasteiger charge is 2.06. The van der Waals surface area contributed by atoms with E-state index in [2.05, 4.69) is 4.98 Å². The quantitative estimate of drug-likeness (QED) is 0.618. The Balaban J connectivity index is 2.52. The summed E-state index contributed by atoms with van der Waals surface area (Å²) in [4.78, 5) is 15.0. The van der Waals surface area contributed by atoms with E-state index in [0.29, 0.717) is 6.61 Å². The number of nitrogens with zero attached hydrogens (tertiary/aromatic N) is 2. The highest BCUT2D eigenvalue weighted by atomic mass is 16.5. The van der Waals surface area contributed by atoms with Crippen molar-refractivity contribution in [2.24, 2.45) is 7.05 Å². The zero-order chi connectivity index (χ0) is 8.97. The standard InChI is InChI=1S/C8H12N2O2/c1-3-12-8(11)6-7-9-4-5-10(7)2/h4-5H,3,6H2,1-2H3. The molecule has 0 saturated heterocycles. The molecule has 4 heteroatoms. The average molecular weight is 168 g/mol. The number of hydrogen-bond donors (Lipinski definition) is 0. The summed E-state index contributed by atoms with van der Waals surface area (Å²) in [6, 6.07) is 0. The van der Waals surface area contributed by atoms with Gasteiger partial charge in [0.15, 0.2) is 0 Å². The van der Waals surface area contributed by atoms with Crippen LogP contribution >= 0.6 is 0 Å². The van der Waals surface area contributed by atoms with E-state index in [9.17, 15) is 4.79 Å². The fraction of sp³-hybridized carbons (Fsp3) is 0.500. The zero-order valence-electron chi connectivity index (χ0n) is 7.28. The van der Waals surface area contributed by atoms with Gasteiger partial charge in [0.2, 0.25) is 0 Å². The molecule has 0 amide bonds. The maximum atomic E-state index is 11.0. The second kappa shape index (κ2) is 3.90. The molecule has 0 aromatic carbocycles. The van der Waals surface area contributed by atoms with E-state index >= 15 is 0 Å². The number of aryl methyl sites for hydroxylation is 1. The van der Waals surface area contributed by atoms with E-state index in [-0.39, 0.29) is 12.4 Å².